The smallest absolute Gasteiger partial charge is 0.335 e. The minimum absolute atomic E-state index is 0.142. The predicted molar refractivity (Wildman–Crippen MR) is 114 cm³/mol. The van der Waals surface area contributed by atoms with Gasteiger partial charge in [-0.15, -0.1) is 0 Å². The number of aromatic carboxylic acids is 1. The Bertz CT molecular complexity index is 895. The van der Waals surface area contributed by atoms with E-state index in [1.165, 1.54) is 7.11 Å². The van der Waals surface area contributed by atoms with Crippen molar-refractivity contribution in [2.75, 3.05) is 20.2 Å². The van der Waals surface area contributed by atoms with Gasteiger partial charge in [0.1, 0.15) is 0 Å². The molecular weight excluding hydrogens is 382 g/mol. The van der Waals surface area contributed by atoms with Crippen molar-refractivity contribution in [3.8, 4) is 11.5 Å². The van der Waals surface area contributed by atoms with Crippen molar-refractivity contribution in [3.63, 3.8) is 0 Å². The summed E-state index contributed by atoms with van der Waals surface area (Å²) in [6, 6.07) is 12.5. The third-order valence-electron chi connectivity index (χ3n) is 5.69. The van der Waals surface area contributed by atoms with Crippen LogP contribution < -0.4 is 4.74 Å². The van der Waals surface area contributed by atoms with E-state index < -0.39 is 5.97 Å². The number of phenols is 1. The Hall–Kier alpha value is -3.02. The molecule has 0 aliphatic carbocycles. The second-order valence-corrected chi connectivity index (χ2v) is 7.92. The predicted octanol–water partition coefficient (Wildman–Crippen LogP) is 3.90. The molecular formula is C24H29NO5. The molecule has 3 rings (SSSR count). The molecule has 0 aromatic heterocycles. The molecule has 6 heteroatoms. The number of unbranched alkanes of at least 4 members (excludes halogenated alkanes) is 1. The molecule has 0 bridgehead atoms. The summed E-state index contributed by atoms with van der Waals surface area (Å²) in [5.41, 5.74) is 2.35. The van der Waals surface area contributed by atoms with E-state index in [0.717, 1.165) is 56.3 Å². The zero-order chi connectivity index (χ0) is 21.5. The minimum atomic E-state index is -0.912. The van der Waals surface area contributed by atoms with Crippen molar-refractivity contribution in [2.45, 2.75) is 38.5 Å². The Morgan fingerprint density at radius 1 is 1.13 bits per heavy atom. The molecule has 2 aromatic carbocycles. The second kappa shape index (κ2) is 10.1. The quantitative estimate of drug-likeness (QED) is 0.611. The standard InChI is InChI=1S/C24H29NO5/c1-30-22-10-9-17(15-21(22)26)5-2-3-8-23(27)25-12-11-19(16-25)13-18-6-4-7-20(14-18)24(28)29/h4,6-7,9-10,14-15,19,26H,2-3,5,8,11-13,16H2,1H3,(H,28,29). The lowest BCUT2D eigenvalue weighted by Crippen LogP contribution is -2.28. The van der Waals surface area contributed by atoms with Gasteiger partial charge in [0.25, 0.3) is 0 Å². The number of rotatable bonds is 9. The largest absolute Gasteiger partial charge is 0.504 e. The van der Waals surface area contributed by atoms with Gasteiger partial charge in [-0.1, -0.05) is 18.2 Å². The third-order valence-corrected chi connectivity index (χ3v) is 5.69. The molecule has 30 heavy (non-hydrogen) atoms. The van der Waals surface area contributed by atoms with Gasteiger partial charge in [0.05, 0.1) is 12.7 Å². The summed E-state index contributed by atoms with van der Waals surface area (Å²) >= 11 is 0. The van der Waals surface area contributed by atoms with Gasteiger partial charge >= 0.3 is 5.97 Å². The normalized spacial score (nSPS) is 15.9. The van der Waals surface area contributed by atoms with Gasteiger partial charge in [-0.3, -0.25) is 4.79 Å². The van der Waals surface area contributed by atoms with Crippen molar-refractivity contribution >= 4 is 11.9 Å². The number of amides is 1. The van der Waals surface area contributed by atoms with Crippen LogP contribution in [0.25, 0.3) is 0 Å². The van der Waals surface area contributed by atoms with E-state index >= 15 is 0 Å². The first-order valence-corrected chi connectivity index (χ1v) is 10.4. The summed E-state index contributed by atoms with van der Waals surface area (Å²) < 4.78 is 5.05. The number of benzene rings is 2. The van der Waals surface area contributed by atoms with Crippen LogP contribution in [0.3, 0.4) is 0 Å². The number of likely N-dealkylation sites (tertiary alicyclic amines) is 1. The summed E-state index contributed by atoms with van der Waals surface area (Å²) in [6.07, 6.45) is 4.79. The first kappa shape index (κ1) is 21.7. The fraction of sp³-hybridized carbons (Fsp3) is 0.417. The Morgan fingerprint density at radius 3 is 2.70 bits per heavy atom. The first-order chi connectivity index (χ1) is 14.5. The number of ether oxygens (including phenoxy) is 1. The maximum absolute atomic E-state index is 12.5. The zero-order valence-corrected chi connectivity index (χ0v) is 17.3. The third kappa shape index (κ3) is 5.75. The fourth-order valence-corrected chi connectivity index (χ4v) is 4.04. The molecule has 2 aromatic rings. The number of aromatic hydroxyl groups is 1. The van der Waals surface area contributed by atoms with E-state index in [4.69, 9.17) is 9.84 Å². The van der Waals surface area contributed by atoms with Gasteiger partial charge in [0, 0.05) is 19.5 Å². The SMILES string of the molecule is COc1ccc(CCCCC(=O)N2CCC(Cc3cccc(C(=O)O)c3)C2)cc1O. The molecule has 2 N–H and O–H groups in total. The molecule has 0 radical (unpaired) electrons. The second-order valence-electron chi connectivity index (χ2n) is 7.92. The maximum Gasteiger partial charge on any atom is 0.335 e. The highest BCUT2D eigenvalue weighted by Crippen LogP contribution is 2.27. The summed E-state index contributed by atoms with van der Waals surface area (Å²) in [7, 11) is 1.52. The number of hydrogen-bond donors (Lipinski definition) is 2. The molecule has 6 nitrogen and oxygen atoms in total. The molecule has 1 fully saturated rings. The lowest BCUT2D eigenvalue weighted by Gasteiger charge is -2.17. The van der Waals surface area contributed by atoms with Crippen LogP contribution in [-0.2, 0) is 17.6 Å². The van der Waals surface area contributed by atoms with Crippen molar-refractivity contribution in [1.82, 2.24) is 4.90 Å². The number of carboxylic acids is 1. The van der Waals surface area contributed by atoms with Crippen molar-refractivity contribution in [2.24, 2.45) is 5.92 Å². The number of carboxylic acid groups (broad SMARTS) is 1. The number of aryl methyl sites for hydroxylation is 1. The Labute approximate surface area is 177 Å². The summed E-state index contributed by atoms with van der Waals surface area (Å²) in [4.78, 5) is 25.6. The van der Waals surface area contributed by atoms with E-state index in [-0.39, 0.29) is 11.7 Å². The number of methoxy groups -OCH3 is 1. The minimum Gasteiger partial charge on any atom is -0.504 e. The van der Waals surface area contributed by atoms with Crippen LogP contribution in [0.2, 0.25) is 0 Å². The molecule has 1 unspecified atom stereocenters. The number of phenolic OH excluding ortho intramolecular Hbond substituents is 1. The van der Waals surface area contributed by atoms with Crippen molar-refractivity contribution < 1.29 is 24.5 Å². The molecule has 1 heterocycles. The van der Waals surface area contributed by atoms with E-state index in [9.17, 15) is 14.7 Å². The van der Waals surface area contributed by atoms with Crippen LogP contribution in [0.4, 0.5) is 0 Å². The van der Waals surface area contributed by atoms with Gasteiger partial charge < -0.3 is 19.8 Å². The van der Waals surface area contributed by atoms with Gasteiger partial charge in [-0.25, -0.2) is 4.79 Å². The lowest BCUT2D eigenvalue weighted by atomic mass is 9.97. The Balaban J connectivity index is 1.40. The van der Waals surface area contributed by atoms with Crippen LogP contribution in [0, 0.1) is 5.92 Å². The molecule has 1 aliphatic heterocycles. The lowest BCUT2D eigenvalue weighted by molar-refractivity contribution is -0.130. The molecule has 0 spiro atoms. The van der Waals surface area contributed by atoms with Crippen molar-refractivity contribution in [3.05, 3.63) is 59.2 Å². The number of carbonyl (C=O) groups excluding carboxylic acids is 1. The topological polar surface area (TPSA) is 87.1 Å². The van der Waals surface area contributed by atoms with Gasteiger partial charge in [0.2, 0.25) is 5.91 Å². The van der Waals surface area contributed by atoms with Gasteiger partial charge in [0.15, 0.2) is 11.5 Å². The molecule has 1 amide bonds. The highest BCUT2D eigenvalue weighted by atomic mass is 16.5. The van der Waals surface area contributed by atoms with E-state index in [1.54, 1.807) is 30.3 Å². The van der Waals surface area contributed by atoms with E-state index in [1.807, 2.05) is 17.0 Å². The van der Waals surface area contributed by atoms with Gasteiger partial charge in [-0.2, -0.15) is 0 Å². The van der Waals surface area contributed by atoms with Crippen LogP contribution in [-0.4, -0.2) is 47.2 Å². The van der Waals surface area contributed by atoms with Crippen LogP contribution in [0.5, 0.6) is 11.5 Å². The Kier molecular flexibility index (Phi) is 7.33. The fourth-order valence-electron chi connectivity index (χ4n) is 4.04. The average molecular weight is 411 g/mol. The van der Waals surface area contributed by atoms with Crippen molar-refractivity contribution in [1.29, 1.82) is 0 Å². The monoisotopic (exact) mass is 411 g/mol. The molecule has 160 valence electrons. The number of carbonyl (C=O) groups is 2. The maximum atomic E-state index is 12.5. The molecule has 0 saturated carbocycles. The van der Waals surface area contributed by atoms with Gasteiger partial charge in [-0.05, 0) is 73.4 Å². The molecule has 1 aliphatic rings. The number of hydrogen-bond acceptors (Lipinski definition) is 4. The van der Waals surface area contributed by atoms with Crippen LogP contribution >= 0.6 is 0 Å². The highest BCUT2D eigenvalue weighted by Gasteiger charge is 2.26. The van der Waals surface area contributed by atoms with E-state index in [0.29, 0.717) is 23.7 Å². The highest BCUT2D eigenvalue weighted by molar-refractivity contribution is 5.87. The summed E-state index contributed by atoms with van der Waals surface area (Å²) in [5.74, 6) is 0.259. The first-order valence-electron chi connectivity index (χ1n) is 10.4. The van der Waals surface area contributed by atoms with E-state index in [2.05, 4.69) is 0 Å². The molecule has 1 saturated heterocycles. The average Bonchev–Trinajstić information content (AvgIpc) is 3.20. The zero-order valence-electron chi connectivity index (χ0n) is 17.3. The summed E-state index contributed by atoms with van der Waals surface area (Å²) in [5, 5.41) is 19.0. The molecule has 1 atom stereocenters. The van der Waals surface area contributed by atoms with Crippen LogP contribution in [0.15, 0.2) is 42.5 Å². The summed E-state index contributed by atoms with van der Waals surface area (Å²) in [6.45, 7) is 1.51. The van der Waals surface area contributed by atoms with Crippen LogP contribution in [0.1, 0.15) is 47.2 Å². The Morgan fingerprint density at radius 2 is 1.97 bits per heavy atom. The number of nitrogens with zero attached hydrogens (tertiary/aromatic N) is 1.